The molecule has 0 aliphatic carbocycles. The van der Waals surface area contributed by atoms with Gasteiger partial charge in [-0.1, -0.05) is 0 Å². The van der Waals surface area contributed by atoms with Gasteiger partial charge in [0.15, 0.2) is 0 Å². The van der Waals surface area contributed by atoms with Gasteiger partial charge >= 0.3 is 0 Å². The van der Waals surface area contributed by atoms with E-state index in [1.54, 1.807) is 24.3 Å². The second-order valence-electron chi connectivity index (χ2n) is 1.80. The molecule has 0 aliphatic rings. The van der Waals surface area contributed by atoms with E-state index in [9.17, 15) is 4.79 Å². The number of nitrogens with two attached hydrogens (primary N) is 1. The zero-order chi connectivity index (χ0) is 7.40. The van der Waals surface area contributed by atoms with Gasteiger partial charge in [-0.2, -0.15) is 5.90 Å². The van der Waals surface area contributed by atoms with Gasteiger partial charge in [0.25, 0.3) is 0 Å². The lowest BCUT2D eigenvalue weighted by molar-refractivity contribution is 0.112. The van der Waals surface area contributed by atoms with Crippen LogP contribution >= 0.6 is 0 Å². The summed E-state index contributed by atoms with van der Waals surface area (Å²) in [5, 5.41) is 0. The van der Waals surface area contributed by atoms with E-state index in [1.165, 1.54) is 0 Å². The molecule has 52 valence electrons. The summed E-state index contributed by atoms with van der Waals surface area (Å²) >= 11 is 0. The van der Waals surface area contributed by atoms with Gasteiger partial charge < -0.3 is 4.84 Å². The Kier molecular flexibility index (Phi) is 2.02. The molecule has 0 aliphatic heterocycles. The third-order valence-corrected chi connectivity index (χ3v) is 1.15. The fourth-order valence-electron chi connectivity index (χ4n) is 0.625. The van der Waals surface area contributed by atoms with Crippen molar-refractivity contribution in [2.75, 3.05) is 0 Å². The van der Waals surface area contributed by atoms with Gasteiger partial charge in [0.05, 0.1) is 0 Å². The number of hydrogen-bond donors (Lipinski definition) is 1. The monoisotopic (exact) mass is 137 g/mol. The summed E-state index contributed by atoms with van der Waals surface area (Å²) in [6, 6.07) is 6.53. The molecule has 0 fully saturated rings. The standard InChI is InChI=1S/C7H7NO2/c8-10-7-3-1-6(5-9)2-4-7/h1-5H,8H2. The molecule has 0 spiro atoms. The first-order valence-corrected chi connectivity index (χ1v) is 2.79. The van der Waals surface area contributed by atoms with Gasteiger partial charge in [-0.3, -0.25) is 4.79 Å². The second-order valence-corrected chi connectivity index (χ2v) is 1.80. The molecular weight excluding hydrogens is 130 g/mol. The van der Waals surface area contributed by atoms with Gasteiger partial charge in [-0.05, 0) is 24.3 Å². The average Bonchev–Trinajstić information content (AvgIpc) is 2.05. The average molecular weight is 137 g/mol. The second kappa shape index (κ2) is 2.98. The van der Waals surface area contributed by atoms with E-state index in [1.807, 2.05) is 0 Å². The van der Waals surface area contributed by atoms with Crippen LogP contribution in [0, 0.1) is 0 Å². The van der Waals surface area contributed by atoms with Gasteiger partial charge in [-0.25, -0.2) is 0 Å². The van der Waals surface area contributed by atoms with Crippen molar-refractivity contribution >= 4 is 6.29 Å². The third kappa shape index (κ3) is 1.33. The van der Waals surface area contributed by atoms with Crippen LogP contribution in [-0.2, 0) is 0 Å². The molecule has 0 heterocycles. The first-order chi connectivity index (χ1) is 4.86. The quantitative estimate of drug-likeness (QED) is 0.483. The normalized spacial score (nSPS) is 8.90. The summed E-state index contributed by atoms with van der Waals surface area (Å²) < 4.78 is 0. The number of hydrogen-bond acceptors (Lipinski definition) is 3. The maximum absolute atomic E-state index is 10.1. The van der Waals surface area contributed by atoms with Crippen LogP contribution < -0.4 is 10.7 Å². The molecule has 3 nitrogen and oxygen atoms in total. The van der Waals surface area contributed by atoms with Crippen LogP contribution in [0.2, 0.25) is 0 Å². The first kappa shape index (κ1) is 6.77. The number of benzene rings is 1. The predicted molar refractivity (Wildman–Crippen MR) is 36.6 cm³/mol. The number of carbonyl (C=O) groups excluding carboxylic acids is 1. The maximum atomic E-state index is 10.1. The summed E-state index contributed by atoms with van der Waals surface area (Å²) in [7, 11) is 0. The Morgan fingerprint density at radius 3 is 2.30 bits per heavy atom. The van der Waals surface area contributed by atoms with Crippen molar-refractivity contribution in [1.29, 1.82) is 0 Å². The summed E-state index contributed by atoms with van der Waals surface area (Å²) in [5.74, 6) is 5.40. The largest absolute Gasteiger partial charge is 0.412 e. The number of carbonyl (C=O) groups is 1. The minimum Gasteiger partial charge on any atom is -0.412 e. The van der Waals surface area contributed by atoms with Gasteiger partial charge in [0.1, 0.15) is 12.0 Å². The molecule has 1 aromatic carbocycles. The molecule has 0 radical (unpaired) electrons. The predicted octanol–water partition coefficient (Wildman–Crippen LogP) is 0.752. The lowest BCUT2D eigenvalue weighted by Gasteiger charge is -1.95. The number of aldehydes is 1. The molecule has 3 heteroatoms. The highest BCUT2D eigenvalue weighted by Crippen LogP contribution is 2.08. The van der Waals surface area contributed by atoms with E-state index in [4.69, 9.17) is 5.90 Å². The van der Waals surface area contributed by atoms with Crippen molar-refractivity contribution in [2.24, 2.45) is 5.90 Å². The van der Waals surface area contributed by atoms with E-state index < -0.39 is 0 Å². The minimum absolute atomic E-state index is 0.547. The fraction of sp³-hybridized carbons (Fsp3) is 0. The Morgan fingerprint density at radius 2 is 1.90 bits per heavy atom. The smallest absolute Gasteiger partial charge is 0.150 e. The minimum atomic E-state index is 0.547. The SMILES string of the molecule is NOc1ccc(C=O)cc1. The van der Waals surface area contributed by atoms with Crippen molar-refractivity contribution in [3.8, 4) is 5.75 Å². The maximum Gasteiger partial charge on any atom is 0.150 e. The van der Waals surface area contributed by atoms with Crippen molar-refractivity contribution in [1.82, 2.24) is 0 Å². The van der Waals surface area contributed by atoms with Crippen LogP contribution in [0.1, 0.15) is 10.4 Å². The van der Waals surface area contributed by atoms with E-state index in [0.717, 1.165) is 6.29 Å². The Bertz CT molecular complexity index is 218. The van der Waals surface area contributed by atoms with Crippen LogP contribution in [0.4, 0.5) is 0 Å². The van der Waals surface area contributed by atoms with Crippen molar-refractivity contribution in [2.45, 2.75) is 0 Å². The van der Waals surface area contributed by atoms with Gasteiger partial charge in [0, 0.05) is 5.56 Å². The topological polar surface area (TPSA) is 52.3 Å². The zero-order valence-electron chi connectivity index (χ0n) is 5.28. The van der Waals surface area contributed by atoms with Crippen LogP contribution in [0.15, 0.2) is 24.3 Å². The number of rotatable bonds is 2. The Labute approximate surface area is 58.4 Å². The van der Waals surface area contributed by atoms with Crippen LogP contribution in [0.3, 0.4) is 0 Å². The molecule has 0 atom stereocenters. The van der Waals surface area contributed by atoms with Crippen LogP contribution in [-0.4, -0.2) is 6.29 Å². The molecule has 0 unspecified atom stereocenters. The molecule has 0 saturated heterocycles. The van der Waals surface area contributed by atoms with Gasteiger partial charge in [-0.15, -0.1) is 0 Å². The van der Waals surface area contributed by atoms with Crippen molar-refractivity contribution in [3.05, 3.63) is 29.8 Å². The van der Waals surface area contributed by atoms with E-state index in [-0.39, 0.29) is 0 Å². The fourth-order valence-corrected chi connectivity index (χ4v) is 0.625. The lowest BCUT2D eigenvalue weighted by Crippen LogP contribution is -2.01. The highest BCUT2D eigenvalue weighted by molar-refractivity contribution is 5.74. The van der Waals surface area contributed by atoms with Crippen molar-refractivity contribution < 1.29 is 9.63 Å². The summed E-state index contributed by atoms with van der Waals surface area (Å²) in [6.45, 7) is 0. The van der Waals surface area contributed by atoms with Gasteiger partial charge in [0.2, 0.25) is 0 Å². The molecule has 10 heavy (non-hydrogen) atoms. The van der Waals surface area contributed by atoms with Crippen LogP contribution in [0.5, 0.6) is 5.75 Å². The first-order valence-electron chi connectivity index (χ1n) is 2.79. The highest BCUT2D eigenvalue weighted by atomic mass is 16.6. The van der Waals surface area contributed by atoms with Crippen molar-refractivity contribution in [3.63, 3.8) is 0 Å². The van der Waals surface area contributed by atoms with Crippen LogP contribution in [0.25, 0.3) is 0 Å². The molecule has 0 bridgehead atoms. The third-order valence-electron chi connectivity index (χ3n) is 1.15. The Morgan fingerprint density at radius 1 is 1.30 bits per heavy atom. The molecular formula is C7H7NO2. The summed E-state index contributed by atoms with van der Waals surface area (Å²) in [5.41, 5.74) is 0.612. The molecule has 2 N–H and O–H groups in total. The molecule has 0 amide bonds. The molecule has 1 rings (SSSR count). The summed E-state index contributed by atoms with van der Waals surface area (Å²) in [4.78, 5) is 14.5. The molecule has 1 aromatic rings. The Hall–Kier alpha value is -1.35. The summed E-state index contributed by atoms with van der Waals surface area (Å²) in [6.07, 6.45) is 0.764. The van der Waals surface area contributed by atoms with E-state index in [2.05, 4.69) is 4.84 Å². The molecule has 0 aromatic heterocycles. The van der Waals surface area contributed by atoms with E-state index >= 15 is 0 Å². The lowest BCUT2D eigenvalue weighted by atomic mass is 10.2. The Balaban J connectivity index is 2.90. The highest BCUT2D eigenvalue weighted by Gasteiger charge is 1.90. The zero-order valence-corrected chi connectivity index (χ0v) is 5.28. The van der Waals surface area contributed by atoms with E-state index in [0.29, 0.717) is 11.3 Å². The molecule has 0 saturated carbocycles.